The summed E-state index contributed by atoms with van der Waals surface area (Å²) in [6.07, 6.45) is 6.57. The Kier molecular flexibility index (Phi) is 5.43. The van der Waals surface area contributed by atoms with Gasteiger partial charge in [-0.1, -0.05) is 12.1 Å². The van der Waals surface area contributed by atoms with E-state index in [0.29, 0.717) is 5.69 Å². The van der Waals surface area contributed by atoms with Gasteiger partial charge in [-0.25, -0.2) is 23.0 Å². The Balaban J connectivity index is 1.68. The van der Waals surface area contributed by atoms with Crippen molar-refractivity contribution in [2.75, 3.05) is 12.4 Å². The predicted octanol–water partition coefficient (Wildman–Crippen LogP) is 2.14. The SMILES string of the molecule is C[C@H](c1ccc(S(N)(=O)=O)cc1)N(C)C(=O)Nc1cnn(-c2ccncc2)c1. The Bertz CT molecular complexity index is 1060. The smallest absolute Gasteiger partial charge is 0.321 e. The minimum atomic E-state index is -3.75. The number of amides is 2. The number of pyridine rings is 1. The predicted molar refractivity (Wildman–Crippen MR) is 104 cm³/mol. The van der Waals surface area contributed by atoms with Gasteiger partial charge in [0.25, 0.3) is 0 Å². The van der Waals surface area contributed by atoms with E-state index >= 15 is 0 Å². The van der Waals surface area contributed by atoms with Gasteiger partial charge in [0.05, 0.1) is 34.7 Å². The molecule has 0 aliphatic carbocycles. The first-order valence-corrected chi connectivity index (χ1v) is 9.92. The first kappa shape index (κ1) is 19.5. The summed E-state index contributed by atoms with van der Waals surface area (Å²) in [4.78, 5) is 18.0. The molecule has 28 heavy (non-hydrogen) atoms. The number of nitrogens with zero attached hydrogens (tertiary/aromatic N) is 4. The summed E-state index contributed by atoms with van der Waals surface area (Å²) >= 11 is 0. The van der Waals surface area contributed by atoms with Crippen molar-refractivity contribution in [2.24, 2.45) is 5.14 Å². The van der Waals surface area contributed by atoms with Gasteiger partial charge >= 0.3 is 6.03 Å². The van der Waals surface area contributed by atoms with Crippen molar-refractivity contribution in [3.63, 3.8) is 0 Å². The summed E-state index contributed by atoms with van der Waals surface area (Å²) in [6, 6.07) is 9.11. The molecule has 0 saturated carbocycles. The lowest BCUT2D eigenvalue weighted by molar-refractivity contribution is 0.208. The summed E-state index contributed by atoms with van der Waals surface area (Å²) in [5.41, 5.74) is 2.15. The number of nitrogens with one attached hydrogen (secondary N) is 1. The van der Waals surface area contributed by atoms with Crippen LogP contribution in [0.15, 0.2) is 66.1 Å². The summed E-state index contributed by atoms with van der Waals surface area (Å²) in [5, 5.41) is 12.1. The van der Waals surface area contributed by atoms with Gasteiger partial charge < -0.3 is 10.2 Å². The third-order valence-electron chi connectivity index (χ3n) is 4.35. The molecule has 1 aromatic carbocycles. The number of sulfonamides is 1. The Morgan fingerprint density at radius 2 is 1.82 bits per heavy atom. The molecule has 0 saturated heterocycles. The van der Waals surface area contributed by atoms with Gasteiger partial charge in [-0.15, -0.1) is 0 Å². The first-order valence-electron chi connectivity index (χ1n) is 8.37. The lowest BCUT2D eigenvalue weighted by Gasteiger charge is -2.25. The van der Waals surface area contributed by atoms with Gasteiger partial charge in [0.1, 0.15) is 0 Å². The van der Waals surface area contributed by atoms with E-state index in [0.717, 1.165) is 11.3 Å². The normalized spacial score (nSPS) is 12.4. The highest BCUT2D eigenvalue weighted by atomic mass is 32.2. The van der Waals surface area contributed by atoms with Crippen LogP contribution in [0.25, 0.3) is 5.69 Å². The van der Waals surface area contributed by atoms with Crippen LogP contribution in [0.3, 0.4) is 0 Å². The molecule has 1 atom stereocenters. The standard InChI is InChI=1S/C18H20N6O3S/c1-13(14-3-5-17(6-4-14)28(19,26)27)23(2)18(25)22-15-11-21-24(12-15)16-7-9-20-10-8-16/h3-13H,1-2H3,(H,22,25)(H2,19,26,27)/t13-/m1/s1. The topological polar surface area (TPSA) is 123 Å². The molecule has 3 aromatic rings. The summed E-state index contributed by atoms with van der Waals surface area (Å²) < 4.78 is 24.3. The fourth-order valence-electron chi connectivity index (χ4n) is 2.57. The quantitative estimate of drug-likeness (QED) is 0.679. The molecule has 2 amide bonds. The van der Waals surface area contributed by atoms with Crippen LogP contribution in [0, 0.1) is 0 Å². The minimum absolute atomic E-state index is 0.0269. The zero-order valence-corrected chi connectivity index (χ0v) is 16.2. The summed E-state index contributed by atoms with van der Waals surface area (Å²) in [7, 11) is -2.10. The Morgan fingerprint density at radius 1 is 1.18 bits per heavy atom. The molecule has 2 aromatic heterocycles. The van der Waals surface area contributed by atoms with Gasteiger partial charge in [-0.05, 0) is 36.8 Å². The highest BCUT2D eigenvalue weighted by Crippen LogP contribution is 2.21. The highest BCUT2D eigenvalue weighted by Gasteiger charge is 2.19. The Hall–Kier alpha value is -3.24. The maximum atomic E-state index is 12.6. The van der Waals surface area contributed by atoms with Crippen molar-refractivity contribution in [3.05, 3.63) is 66.7 Å². The van der Waals surface area contributed by atoms with Crippen molar-refractivity contribution in [1.29, 1.82) is 0 Å². The molecule has 0 unspecified atom stereocenters. The molecule has 10 heteroatoms. The summed E-state index contributed by atoms with van der Waals surface area (Å²) in [6.45, 7) is 1.84. The van der Waals surface area contributed by atoms with Gasteiger partial charge in [0.2, 0.25) is 10.0 Å². The number of anilines is 1. The van der Waals surface area contributed by atoms with Crippen molar-refractivity contribution < 1.29 is 13.2 Å². The lowest BCUT2D eigenvalue weighted by Crippen LogP contribution is -2.33. The van der Waals surface area contributed by atoms with Crippen LogP contribution < -0.4 is 10.5 Å². The van der Waals surface area contributed by atoms with Gasteiger partial charge in [0.15, 0.2) is 0 Å². The molecule has 0 aliphatic heterocycles. The fraction of sp³-hybridized carbons (Fsp3) is 0.167. The zero-order chi connectivity index (χ0) is 20.3. The number of carbonyl (C=O) groups is 1. The van der Waals surface area contributed by atoms with Gasteiger partial charge in [0, 0.05) is 19.4 Å². The Morgan fingerprint density at radius 3 is 2.43 bits per heavy atom. The second-order valence-corrected chi connectivity index (χ2v) is 7.77. The molecule has 2 heterocycles. The highest BCUT2D eigenvalue weighted by molar-refractivity contribution is 7.89. The van der Waals surface area contributed by atoms with E-state index in [4.69, 9.17) is 5.14 Å². The van der Waals surface area contributed by atoms with Gasteiger partial charge in [-0.3, -0.25) is 4.98 Å². The largest absolute Gasteiger partial charge is 0.322 e. The molecule has 0 aliphatic rings. The van der Waals surface area contributed by atoms with Crippen LogP contribution in [0.5, 0.6) is 0 Å². The van der Waals surface area contributed by atoms with Crippen LogP contribution in [0.1, 0.15) is 18.5 Å². The zero-order valence-electron chi connectivity index (χ0n) is 15.4. The third-order valence-corrected chi connectivity index (χ3v) is 5.28. The van der Waals surface area contributed by atoms with Crippen molar-refractivity contribution >= 4 is 21.7 Å². The molecular weight excluding hydrogens is 380 g/mol. The fourth-order valence-corrected chi connectivity index (χ4v) is 3.09. The van der Waals surface area contributed by atoms with E-state index in [1.165, 1.54) is 17.0 Å². The summed E-state index contributed by atoms with van der Waals surface area (Å²) in [5.74, 6) is 0. The molecule has 146 valence electrons. The minimum Gasteiger partial charge on any atom is -0.321 e. The van der Waals surface area contributed by atoms with E-state index in [1.54, 1.807) is 60.8 Å². The number of urea groups is 1. The average Bonchev–Trinajstić information content (AvgIpc) is 3.15. The number of aromatic nitrogens is 3. The third kappa shape index (κ3) is 4.35. The maximum absolute atomic E-state index is 12.6. The van der Waals surface area contributed by atoms with Crippen molar-refractivity contribution in [3.8, 4) is 5.69 Å². The van der Waals surface area contributed by atoms with E-state index < -0.39 is 10.0 Å². The Labute approximate surface area is 162 Å². The van der Waals surface area contributed by atoms with Crippen LogP contribution >= 0.6 is 0 Å². The molecule has 0 bridgehead atoms. The second kappa shape index (κ2) is 7.79. The number of carbonyl (C=O) groups excluding carboxylic acids is 1. The number of rotatable bonds is 5. The van der Waals surface area contributed by atoms with Crippen molar-refractivity contribution in [1.82, 2.24) is 19.7 Å². The van der Waals surface area contributed by atoms with Gasteiger partial charge in [-0.2, -0.15) is 5.10 Å². The van der Waals surface area contributed by atoms with E-state index in [-0.39, 0.29) is 17.0 Å². The van der Waals surface area contributed by atoms with E-state index in [1.807, 2.05) is 6.92 Å². The molecule has 3 rings (SSSR count). The number of hydrogen-bond donors (Lipinski definition) is 2. The average molecular weight is 400 g/mol. The molecule has 9 nitrogen and oxygen atoms in total. The first-order chi connectivity index (χ1) is 13.3. The van der Waals surface area contributed by atoms with Crippen LogP contribution in [-0.2, 0) is 10.0 Å². The van der Waals surface area contributed by atoms with E-state index in [2.05, 4.69) is 15.4 Å². The maximum Gasteiger partial charge on any atom is 0.322 e. The van der Waals surface area contributed by atoms with E-state index in [9.17, 15) is 13.2 Å². The monoisotopic (exact) mass is 400 g/mol. The van der Waals surface area contributed by atoms with Crippen LogP contribution in [-0.4, -0.2) is 41.2 Å². The molecule has 0 radical (unpaired) electrons. The number of benzene rings is 1. The molecular formula is C18H20N6O3S. The molecule has 0 spiro atoms. The van der Waals surface area contributed by atoms with Crippen molar-refractivity contribution in [2.45, 2.75) is 17.9 Å². The molecule has 0 fully saturated rings. The van der Waals surface area contributed by atoms with Crippen LogP contribution in [0.4, 0.5) is 10.5 Å². The molecule has 3 N–H and O–H groups in total. The number of nitrogens with two attached hydrogens (primary N) is 1. The number of primary sulfonamides is 1. The number of hydrogen-bond acceptors (Lipinski definition) is 5. The lowest BCUT2D eigenvalue weighted by atomic mass is 10.1. The van der Waals surface area contributed by atoms with Crippen LogP contribution in [0.2, 0.25) is 0 Å². The second-order valence-electron chi connectivity index (χ2n) is 6.21.